The second-order valence-corrected chi connectivity index (χ2v) is 6.02. The topological polar surface area (TPSA) is 72.9 Å². The lowest BCUT2D eigenvalue weighted by molar-refractivity contribution is -0.143. The van der Waals surface area contributed by atoms with Crippen LogP contribution in [0.2, 0.25) is 0 Å². The number of carbonyl (C=O) groups is 3. The molecule has 0 N–H and O–H groups in total. The molecule has 1 aliphatic heterocycles. The van der Waals surface area contributed by atoms with Gasteiger partial charge in [0, 0.05) is 6.54 Å². The zero-order valence-electron chi connectivity index (χ0n) is 12.8. The van der Waals surface area contributed by atoms with Gasteiger partial charge in [-0.05, 0) is 34.6 Å². The second kappa shape index (κ2) is 6.35. The third-order valence-corrected chi connectivity index (χ3v) is 3.07. The van der Waals surface area contributed by atoms with Crippen molar-refractivity contribution in [3.05, 3.63) is 0 Å². The van der Waals surface area contributed by atoms with Gasteiger partial charge in [-0.15, -0.1) is 0 Å². The fraction of sp³-hybridized carbons (Fsp3) is 0.786. The standard InChI is InChI=1S/C14H23NO5/c1-9(10(2)16)12(17)11-8-15(6-7-19-11)13(18)20-14(3,4)5/h9,11H,6-8H2,1-5H3/t9?,11-/m1/s1. The zero-order chi connectivity index (χ0) is 15.5. The van der Waals surface area contributed by atoms with Gasteiger partial charge in [0.05, 0.1) is 19.1 Å². The van der Waals surface area contributed by atoms with Crippen molar-refractivity contribution in [2.75, 3.05) is 19.7 Å². The number of carbonyl (C=O) groups excluding carboxylic acids is 3. The van der Waals surface area contributed by atoms with E-state index in [1.165, 1.54) is 11.8 Å². The third-order valence-electron chi connectivity index (χ3n) is 3.07. The molecular weight excluding hydrogens is 262 g/mol. The van der Waals surface area contributed by atoms with E-state index in [2.05, 4.69) is 0 Å². The first-order valence-electron chi connectivity index (χ1n) is 6.75. The first-order chi connectivity index (χ1) is 9.11. The molecule has 0 radical (unpaired) electrons. The number of hydrogen-bond donors (Lipinski definition) is 0. The largest absolute Gasteiger partial charge is 0.444 e. The number of ketones is 2. The van der Waals surface area contributed by atoms with Gasteiger partial charge in [-0.2, -0.15) is 0 Å². The van der Waals surface area contributed by atoms with E-state index < -0.39 is 23.7 Å². The first kappa shape index (κ1) is 16.6. The van der Waals surface area contributed by atoms with Crippen molar-refractivity contribution < 1.29 is 23.9 Å². The van der Waals surface area contributed by atoms with E-state index in [0.29, 0.717) is 6.54 Å². The number of nitrogens with zero attached hydrogens (tertiary/aromatic N) is 1. The van der Waals surface area contributed by atoms with Crippen molar-refractivity contribution in [1.82, 2.24) is 4.90 Å². The molecule has 0 aromatic rings. The number of morpholine rings is 1. The number of ether oxygens (including phenoxy) is 2. The van der Waals surface area contributed by atoms with Gasteiger partial charge in [0.2, 0.25) is 0 Å². The summed E-state index contributed by atoms with van der Waals surface area (Å²) in [6.45, 7) is 9.06. The molecule has 1 fully saturated rings. The van der Waals surface area contributed by atoms with Crippen LogP contribution in [0.25, 0.3) is 0 Å². The smallest absolute Gasteiger partial charge is 0.410 e. The van der Waals surface area contributed by atoms with Crippen molar-refractivity contribution in [1.29, 1.82) is 0 Å². The van der Waals surface area contributed by atoms with Crippen molar-refractivity contribution in [2.45, 2.75) is 46.3 Å². The number of hydrogen-bond acceptors (Lipinski definition) is 5. The van der Waals surface area contributed by atoms with Crippen LogP contribution in [-0.4, -0.2) is 54.0 Å². The molecule has 20 heavy (non-hydrogen) atoms. The molecule has 6 nitrogen and oxygen atoms in total. The van der Waals surface area contributed by atoms with Gasteiger partial charge in [0.25, 0.3) is 0 Å². The third kappa shape index (κ3) is 4.59. The minimum atomic E-state index is -0.754. The summed E-state index contributed by atoms with van der Waals surface area (Å²) in [6.07, 6.45) is -1.22. The van der Waals surface area contributed by atoms with Gasteiger partial charge in [-0.25, -0.2) is 4.79 Å². The van der Waals surface area contributed by atoms with Gasteiger partial charge >= 0.3 is 6.09 Å². The normalized spacial score (nSPS) is 21.2. The molecule has 1 saturated heterocycles. The molecule has 2 atom stereocenters. The molecule has 1 heterocycles. The summed E-state index contributed by atoms with van der Waals surface area (Å²) < 4.78 is 10.6. The Kier molecular flexibility index (Phi) is 5.28. The van der Waals surface area contributed by atoms with Crippen LogP contribution in [0.15, 0.2) is 0 Å². The Morgan fingerprint density at radius 2 is 1.90 bits per heavy atom. The minimum Gasteiger partial charge on any atom is -0.444 e. The van der Waals surface area contributed by atoms with E-state index in [-0.39, 0.29) is 24.7 Å². The van der Waals surface area contributed by atoms with Gasteiger partial charge in [-0.3, -0.25) is 9.59 Å². The van der Waals surface area contributed by atoms with Gasteiger partial charge in [0.1, 0.15) is 17.5 Å². The van der Waals surface area contributed by atoms with E-state index in [1.54, 1.807) is 27.7 Å². The van der Waals surface area contributed by atoms with E-state index in [0.717, 1.165) is 0 Å². The molecule has 1 rings (SSSR count). The van der Waals surface area contributed by atoms with Crippen LogP contribution in [0.4, 0.5) is 4.79 Å². The van der Waals surface area contributed by atoms with Crippen LogP contribution in [-0.2, 0) is 19.1 Å². The van der Waals surface area contributed by atoms with Crippen LogP contribution < -0.4 is 0 Å². The molecule has 0 aliphatic carbocycles. The molecule has 1 unspecified atom stereocenters. The van der Waals surface area contributed by atoms with Crippen molar-refractivity contribution in [2.24, 2.45) is 5.92 Å². The summed E-state index contributed by atoms with van der Waals surface area (Å²) >= 11 is 0. The van der Waals surface area contributed by atoms with Crippen molar-refractivity contribution >= 4 is 17.7 Å². The summed E-state index contributed by atoms with van der Waals surface area (Å²) in [5.74, 6) is -1.20. The molecule has 114 valence electrons. The molecule has 1 amide bonds. The van der Waals surface area contributed by atoms with Crippen LogP contribution in [0, 0.1) is 5.92 Å². The summed E-state index contributed by atoms with van der Waals surface area (Å²) in [5.41, 5.74) is -0.582. The molecule has 6 heteroatoms. The van der Waals surface area contributed by atoms with Gasteiger partial charge in [0.15, 0.2) is 5.78 Å². The van der Waals surface area contributed by atoms with Crippen molar-refractivity contribution in [3.63, 3.8) is 0 Å². The molecular formula is C14H23NO5. The average molecular weight is 285 g/mol. The predicted octanol–water partition coefficient (Wildman–Crippen LogP) is 1.42. The highest BCUT2D eigenvalue weighted by Crippen LogP contribution is 2.15. The molecule has 0 aromatic heterocycles. The van der Waals surface area contributed by atoms with Crippen LogP contribution in [0.1, 0.15) is 34.6 Å². The minimum absolute atomic E-state index is 0.130. The Morgan fingerprint density at radius 1 is 1.30 bits per heavy atom. The van der Waals surface area contributed by atoms with E-state index in [4.69, 9.17) is 9.47 Å². The van der Waals surface area contributed by atoms with Gasteiger partial charge < -0.3 is 14.4 Å². The van der Waals surface area contributed by atoms with E-state index in [1.807, 2.05) is 0 Å². The lowest BCUT2D eigenvalue weighted by Gasteiger charge is -2.34. The molecule has 0 aromatic carbocycles. The maximum Gasteiger partial charge on any atom is 0.410 e. The Morgan fingerprint density at radius 3 is 2.40 bits per heavy atom. The van der Waals surface area contributed by atoms with Crippen LogP contribution in [0.3, 0.4) is 0 Å². The highest BCUT2D eigenvalue weighted by Gasteiger charge is 2.34. The Balaban J connectivity index is 2.65. The van der Waals surface area contributed by atoms with Gasteiger partial charge in [-0.1, -0.05) is 0 Å². The highest BCUT2D eigenvalue weighted by atomic mass is 16.6. The summed E-state index contributed by atoms with van der Waals surface area (Å²) in [7, 11) is 0. The lowest BCUT2D eigenvalue weighted by Crippen LogP contribution is -2.51. The second-order valence-electron chi connectivity index (χ2n) is 6.02. The van der Waals surface area contributed by atoms with Crippen LogP contribution in [0.5, 0.6) is 0 Å². The number of amides is 1. The zero-order valence-corrected chi connectivity index (χ0v) is 12.8. The molecule has 0 saturated carbocycles. The summed E-state index contributed by atoms with van der Waals surface area (Å²) in [6, 6.07) is 0. The van der Waals surface area contributed by atoms with Crippen LogP contribution >= 0.6 is 0 Å². The number of rotatable bonds is 3. The monoisotopic (exact) mass is 285 g/mol. The Hall–Kier alpha value is -1.43. The SMILES string of the molecule is CC(=O)C(C)C(=O)[C@H]1CN(C(=O)OC(C)(C)C)CCO1. The summed E-state index contributed by atoms with van der Waals surface area (Å²) in [5, 5.41) is 0. The Bertz CT molecular complexity index is 399. The first-order valence-corrected chi connectivity index (χ1v) is 6.75. The van der Waals surface area contributed by atoms with E-state index in [9.17, 15) is 14.4 Å². The maximum atomic E-state index is 12.1. The van der Waals surface area contributed by atoms with E-state index >= 15 is 0 Å². The maximum absolute atomic E-state index is 12.1. The fourth-order valence-electron chi connectivity index (χ4n) is 1.79. The van der Waals surface area contributed by atoms with Crippen molar-refractivity contribution in [3.8, 4) is 0 Å². The molecule has 0 bridgehead atoms. The average Bonchev–Trinajstić information content (AvgIpc) is 2.35. The highest BCUT2D eigenvalue weighted by molar-refractivity contribution is 6.03. The fourth-order valence-corrected chi connectivity index (χ4v) is 1.79. The number of Topliss-reactive ketones (excluding diaryl/α,β-unsaturated/α-hetero) is 2. The predicted molar refractivity (Wildman–Crippen MR) is 72.4 cm³/mol. The Labute approximate surface area is 119 Å². The quantitative estimate of drug-likeness (QED) is 0.733. The molecule has 0 spiro atoms. The summed E-state index contributed by atoms with van der Waals surface area (Å²) in [4.78, 5) is 36.7. The lowest BCUT2D eigenvalue weighted by atomic mass is 9.97. The molecule has 1 aliphatic rings.